The second kappa shape index (κ2) is 7.37. The normalized spacial score (nSPS) is 20.4. The zero-order valence-electron chi connectivity index (χ0n) is 11.3. The molecule has 0 aromatic rings. The molecule has 1 fully saturated rings. The number of rotatable bonds is 4. The molecule has 17 heavy (non-hydrogen) atoms. The molecule has 0 radical (unpaired) electrons. The van der Waals surface area contributed by atoms with Crippen molar-refractivity contribution in [3.8, 4) is 0 Å². The summed E-state index contributed by atoms with van der Waals surface area (Å²) >= 11 is 3.61. The van der Waals surface area contributed by atoms with Gasteiger partial charge in [0.2, 0.25) is 5.91 Å². The van der Waals surface area contributed by atoms with Crippen LogP contribution in [0, 0.1) is 11.8 Å². The highest BCUT2D eigenvalue weighted by molar-refractivity contribution is 9.09. The molecule has 1 atom stereocenters. The van der Waals surface area contributed by atoms with Gasteiger partial charge < -0.3 is 9.80 Å². The van der Waals surface area contributed by atoms with E-state index in [0.29, 0.717) is 11.8 Å². The molecule has 1 heterocycles. The van der Waals surface area contributed by atoms with E-state index in [-0.39, 0.29) is 5.91 Å². The third kappa shape index (κ3) is 4.96. The average Bonchev–Trinajstić information content (AvgIpc) is 2.50. The van der Waals surface area contributed by atoms with Crippen LogP contribution in [0.25, 0.3) is 0 Å². The van der Waals surface area contributed by atoms with Crippen molar-refractivity contribution < 1.29 is 4.79 Å². The largest absolute Gasteiger partial charge is 0.342 e. The molecule has 0 saturated carbocycles. The molecule has 0 aromatic heterocycles. The van der Waals surface area contributed by atoms with E-state index in [1.54, 1.807) is 6.92 Å². The Morgan fingerprint density at radius 3 is 2.47 bits per heavy atom. The summed E-state index contributed by atoms with van der Waals surface area (Å²) in [6.07, 6.45) is 1.10. The molecule has 3 nitrogen and oxygen atoms in total. The number of halogens is 1. The molecule has 0 aromatic carbocycles. The van der Waals surface area contributed by atoms with Gasteiger partial charge in [-0.25, -0.2) is 0 Å². The lowest BCUT2D eigenvalue weighted by Crippen LogP contribution is -2.36. The second-order valence-electron chi connectivity index (χ2n) is 5.32. The third-order valence-electron chi connectivity index (χ3n) is 3.67. The van der Waals surface area contributed by atoms with Crippen LogP contribution in [-0.2, 0) is 4.79 Å². The van der Waals surface area contributed by atoms with Gasteiger partial charge in [0.25, 0.3) is 0 Å². The maximum atomic E-state index is 11.3. The fraction of sp³-hybridized carbons (Fsp3) is 0.923. The molecule has 1 saturated heterocycles. The zero-order chi connectivity index (χ0) is 12.8. The van der Waals surface area contributed by atoms with Gasteiger partial charge in [0.15, 0.2) is 0 Å². The van der Waals surface area contributed by atoms with Crippen molar-refractivity contribution in [2.24, 2.45) is 11.8 Å². The minimum Gasteiger partial charge on any atom is -0.342 e. The van der Waals surface area contributed by atoms with E-state index < -0.39 is 0 Å². The third-order valence-corrected chi connectivity index (χ3v) is 4.50. The number of carbonyl (C=O) groups excluding carboxylic acids is 1. The quantitative estimate of drug-likeness (QED) is 0.744. The van der Waals surface area contributed by atoms with E-state index >= 15 is 0 Å². The first-order valence-electron chi connectivity index (χ1n) is 6.58. The highest BCUT2D eigenvalue weighted by atomic mass is 79.9. The SMILES string of the molecule is CC(=O)N1CCCN(CC(CBr)C(C)C)CC1. The van der Waals surface area contributed by atoms with Gasteiger partial charge >= 0.3 is 0 Å². The standard InChI is InChI=1S/C13H25BrN2O/c1-11(2)13(9-14)10-15-5-4-6-16(8-7-15)12(3)17/h11,13H,4-10H2,1-3H3. The van der Waals surface area contributed by atoms with Gasteiger partial charge in [-0.1, -0.05) is 29.8 Å². The molecule has 0 N–H and O–H groups in total. The van der Waals surface area contributed by atoms with Gasteiger partial charge in [0.1, 0.15) is 0 Å². The van der Waals surface area contributed by atoms with Gasteiger partial charge in [0.05, 0.1) is 0 Å². The van der Waals surface area contributed by atoms with Gasteiger partial charge in [-0.05, 0) is 24.8 Å². The molecule has 4 heteroatoms. The van der Waals surface area contributed by atoms with E-state index in [0.717, 1.165) is 44.5 Å². The Morgan fingerprint density at radius 1 is 1.24 bits per heavy atom. The predicted octanol–water partition coefficient (Wildman–Crippen LogP) is 2.21. The van der Waals surface area contributed by atoms with Crippen LogP contribution in [0.5, 0.6) is 0 Å². The minimum absolute atomic E-state index is 0.216. The lowest BCUT2D eigenvalue weighted by molar-refractivity contribution is -0.128. The van der Waals surface area contributed by atoms with Crippen LogP contribution < -0.4 is 0 Å². The molecule has 0 aliphatic carbocycles. The highest BCUT2D eigenvalue weighted by Crippen LogP contribution is 2.16. The summed E-state index contributed by atoms with van der Waals surface area (Å²) in [7, 11) is 0. The summed E-state index contributed by atoms with van der Waals surface area (Å²) in [6.45, 7) is 11.3. The highest BCUT2D eigenvalue weighted by Gasteiger charge is 2.20. The number of hydrogen-bond donors (Lipinski definition) is 0. The fourth-order valence-corrected chi connectivity index (χ4v) is 3.19. The lowest BCUT2D eigenvalue weighted by atomic mass is 9.97. The van der Waals surface area contributed by atoms with Crippen molar-refractivity contribution in [2.45, 2.75) is 27.2 Å². The minimum atomic E-state index is 0.216. The molecule has 1 rings (SSSR count). The van der Waals surface area contributed by atoms with Crippen LogP contribution >= 0.6 is 15.9 Å². The topological polar surface area (TPSA) is 23.6 Å². The maximum Gasteiger partial charge on any atom is 0.219 e. The summed E-state index contributed by atoms with van der Waals surface area (Å²) in [5, 5.41) is 1.07. The van der Waals surface area contributed by atoms with Crippen molar-refractivity contribution in [1.82, 2.24) is 9.80 Å². The van der Waals surface area contributed by atoms with E-state index in [1.165, 1.54) is 0 Å². The van der Waals surface area contributed by atoms with Gasteiger partial charge in [0, 0.05) is 38.4 Å². The Kier molecular flexibility index (Phi) is 6.49. The summed E-state index contributed by atoms with van der Waals surface area (Å²) < 4.78 is 0. The van der Waals surface area contributed by atoms with Gasteiger partial charge in [-0.15, -0.1) is 0 Å². The Labute approximate surface area is 114 Å². The summed E-state index contributed by atoms with van der Waals surface area (Å²) in [6, 6.07) is 0. The van der Waals surface area contributed by atoms with Crippen LogP contribution in [0.1, 0.15) is 27.2 Å². The summed E-state index contributed by atoms with van der Waals surface area (Å²) in [4.78, 5) is 15.8. The smallest absolute Gasteiger partial charge is 0.219 e. The number of hydrogen-bond acceptors (Lipinski definition) is 2. The first-order valence-corrected chi connectivity index (χ1v) is 7.70. The van der Waals surface area contributed by atoms with E-state index in [2.05, 4.69) is 34.7 Å². The van der Waals surface area contributed by atoms with Crippen molar-refractivity contribution in [2.75, 3.05) is 38.1 Å². The average molecular weight is 305 g/mol. The van der Waals surface area contributed by atoms with Crippen LogP contribution in [0.3, 0.4) is 0 Å². The molecule has 0 bridgehead atoms. The second-order valence-corrected chi connectivity index (χ2v) is 5.97. The lowest BCUT2D eigenvalue weighted by Gasteiger charge is -2.27. The van der Waals surface area contributed by atoms with Crippen LogP contribution in [0.4, 0.5) is 0 Å². The van der Waals surface area contributed by atoms with E-state index in [4.69, 9.17) is 0 Å². The summed E-state index contributed by atoms with van der Waals surface area (Å²) in [5.41, 5.74) is 0. The van der Waals surface area contributed by atoms with Crippen LogP contribution in [0.15, 0.2) is 0 Å². The van der Waals surface area contributed by atoms with Crippen molar-refractivity contribution >= 4 is 21.8 Å². The first kappa shape index (κ1) is 15.0. The van der Waals surface area contributed by atoms with Crippen molar-refractivity contribution in [3.63, 3.8) is 0 Å². The Hall–Kier alpha value is -0.0900. The fourth-order valence-electron chi connectivity index (χ4n) is 2.24. The molecular formula is C13H25BrN2O. The number of amides is 1. The summed E-state index contributed by atoms with van der Waals surface area (Å²) in [5.74, 6) is 1.63. The Bertz CT molecular complexity index is 246. The number of carbonyl (C=O) groups is 1. The van der Waals surface area contributed by atoms with Crippen molar-refractivity contribution in [1.29, 1.82) is 0 Å². The van der Waals surface area contributed by atoms with Gasteiger partial charge in [-0.3, -0.25) is 4.79 Å². The molecule has 1 aliphatic rings. The number of alkyl halides is 1. The van der Waals surface area contributed by atoms with Crippen LogP contribution in [-0.4, -0.2) is 53.8 Å². The molecular weight excluding hydrogens is 280 g/mol. The monoisotopic (exact) mass is 304 g/mol. The van der Waals surface area contributed by atoms with Crippen molar-refractivity contribution in [3.05, 3.63) is 0 Å². The Morgan fingerprint density at radius 2 is 1.94 bits per heavy atom. The van der Waals surface area contributed by atoms with Gasteiger partial charge in [-0.2, -0.15) is 0 Å². The van der Waals surface area contributed by atoms with E-state index in [1.807, 2.05) is 4.90 Å². The number of nitrogens with zero attached hydrogens (tertiary/aromatic N) is 2. The first-order chi connectivity index (χ1) is 8.04. The zero-order valence-corrected chi connectivity index (χ0v) is 12.9. The van der Waals surface area contributed by atoms with E-state index in [9.17, 15) is 4.79 Å². The molecule has 0 spiro atoms. The maximum absolute atomic E-state index is 11.3. The predicted molar refractivity (Wildman–Crippen MR) is 75.4 cm³/mol. The Balaban J connectivity index is 2.43. The van der Waals surface area contributed by atoms with Crippen LogP contribution in [0.2, 0.25) is 0 Å². The molecule has 1 amide bonds. The molecule has 1 unspecified atom stereocenters. The molecule has 1 aliphatic heterocycles. The molecule has 100 valence electrons.